The lowest BCUT2D eigenvalue weighted by atomic mass is 10.2. The van der Waals surface area contributed by atoms with Crippen LogP contribution < -0.4 is 10.5 Å². The van der Waals surface area contributed by atoms with E-state index in [4.69, 9.17) is 22.1 Å². The number of aromatic nitrogens is 1. The van der Waals surface area contributed by atoms with Crippen molar-refractivity contribution in [1.29, 1.82) is 0 Å². The molecule has 2 aromatic rings. The lowest BCUT2D eigenvalue weighted by molar-refractivity contribution is 0.475. The first kappa shape index (κ1) is 10.3. The fourth-order valence-corrected chi connectivity index (χ4v) is 1.80. The average Bonchev–Trinajstić information content (AvgIpc) is 2.58. The average molecular weight is 241 g/mol. The van der Waals surface area contributed by atoms with Crippen LogP contribution in [0.2, 0.25) is 5.02 Å². The first-order chi connectivity index (χ1) is 7.15. The molecular formula is C10H9ClN2OS. The number of nitrogens with two attached hydrogens (primary N) is 1. The summed E-state index contributed by atoms with van der Waals surface area (Å²) in [6, 6.07) is 5.48. The first-order valence-electron chi connectivity index (χ1n) is 4.30. The summed E-state index contributed by atoms with van der Waals surface area (Å²) in [5.41, 5.74) is 6.56. The molecule has 0 fully saturated rings. The lowest BCUT2D eigenvalue weighted by Crippen LogP contribution is -1.86. The van der Waals surface area contributed by atoms with E-state index in [1.807, 2.05) is 19.1 Å². The Hall–Kier alpha value is -1.26. The van der Waals surface area contributed by atoms with E-state index in [9.17, 15) is 0 Å². The summed E-state index contributed by atoms with van der Waals surface area (Å²) < 4.78 is 5.55. The molecule has 3 nitrogen and oxygen atoms in total. The molecular weight excluding hydrogens is 232 g/mol. The largest absolute Gasteiger partial charge is 0.431 e. The van der Waals surface area contributed by atoms with Gasteiger partial charge < -0.3 is 10.5 Å². The minimum atomic E-state index is 0.526. The highest BCUT2D eigenvalue weighted by Gasteiger charge is 2.05. The second kappa shape index (κ2) is 4.08. The van der Waals surface area contributed by atoms with Crippen LogP contribution in [0.1, 0.15) is 5.56 Å². The van der Waals surface area contributed by atoms with Crippen LogP contribution in [-0.2, 0) is 0 Å². The van der Waals surface area contributed by atoms with E-state index in [1.54, 1.807) is 12.3 Å². The molecule has 0 saturated heterocycles. The van der Waals surface area contributed by atoms with Crippen molar-refractivity contribution in [2.45, 2.75) is 6.92 Å². The Bertz CT molecular complexity index is 484. The molecule has 0 amide bonds. The predicted molar refractivity (Wildman–Crippen MR) is 62.8 cm³/mol. The fourth-order valence-electron chi connectivity index (χ4n) is 1.09. The van der Waals surface area contributed by atoms with Gasteiger partial charge in [-0.05, 0) is 24.6 Å². The Morgan fingerprint density at radius 3 is 2.93 bits per heavy atom. The number of thiazole rings is 1. The zero-order chi connectivity index (χ0) is 10.8. The Labute approximate surface area is 96.5 Å². The minimum Gasteiger partial charge on any atom is -0.431 e. The number of nitrogen functional groups attached to an aromatic ring is 1. The molecule has 0 aliphatic carbocycles. The van der Waals surface area contributed by atoms with Crippen molar-refractivity contribution in [2.24, 2.45) is 0 Å². The van der Waals surface area contributed by atoms with Crippen molar-refractivity contribution in [3.8, 4) is 10.9 Å². The molecule has 0 atom stereocenters. The molecule has 0 bridgehead atoms. The number of hydrogen-bond donors (Lipinski definition) is 1. The van der Waals surface area contributed by atoms with Gasteiger partial charge in [-0.2, -0.15) is 0 Å². The highest BCUT2D eigenvalue weighted by atomic mass is 35.5. The van der Waals surface area contributed by atoms with Crippen molar-refractivity contribution < 1.29 is 4.74 Å². The van der Waals surface area contributed by atoms with Gasteiger partial charge in [0.05, 0.1) is 6.20 Å². The molecule has 0 spiro atoms. The van der Waals surface area contributed by atoms with Crippen LogP contribution in [0.3, 0.4) is 0 Å². The molecule has 5 heteroatoms. The molecule has 0 aliphatic rings. The van der Waals surface area contributed by atoms with Gasteiger partial charge in [-0.25, -0.2) is 4.98 Å². The third kappa shape index (κ3) is 2.40. The van der Waals surface area contributed by atoms with Gasteiger partial charge in [0.25, 0.3) is 5.19 Å². The van der Waals surface area contributed by atoms with Crippen LogP contribution in [0.25, 0.3) is 0 Å². The standard InChI is InChI=1S/C10H9ClN2OS/c1-6-2-3-7(11)4-8(6)14-10-13-5-9(12)15-10/h2-5H,12H2,1H3. The van der Waals surface area contributed by atoms with Crippen LogP contribution >= 0.6 is 22.9 Å². The second-order valence-electron chi connectivity index (χ2n) is 3.04. The third-order valence-corrected chi connectivity index (χ3v) is 2.79. The lowest BCUT2D eigenvalue weighted by Gasteiger charge is -2.05. The molecule has 0 saturated carbocycles. The number of hydrogen-bond acceptors (Lipinski definition) is 4. The van der Waals surface area contributed by atoms with Crippen molar-refractivity contribution in [3.05, 3.63) is 35.0 Å². The summed E-state index contributed by atoms with van der Waals surface area (Å²) in [5, 5.41) is 1.79. The Kier molecular flexibility index (Phi) is 2.79. The van der Waals surface area contributed by atoms with Crippen molar-refractivity contribution in [2.75, 3.05) is 5.73 Å². The van der Waals surface area contributed by atoms with Gasteiger partial charge in [-0.15, -0.1) is 0 Å². The van der Waals surface area contributed by atoms with Crippen molar-refractivity contribution in [1.82, 2.24) is 4.98 Å². The maximum absolute atomic E-state index is 5.87. The summed E-state index contributed by atoms with van der Waals surface area (Å²) in [6.45, 7) is 1.95. The van der Waals surface area contributed by atoms with E-state index >= 15 is 0 Å². The number of halogens is 1. The summed E-state index contributed by atoms with van der Waals surface area (Å²) in [4.78, 5) is 4.01. The number of nitrogens with zero attached hydrogens (tertiary/aromatic N) is 1. The summed E-state index contributed by atoms with van der Waals surface area (Å²) in [7, 11) is 0. The molecule has 78 valence electrons. The van der Waals surface area contributed by atoms with Crippen LogP contribution in [0.4, 0.5) is 5.00 Å². The normalized spacial score (nSPS) is 10.3. The highest BCUT2D eigenvalue weighted by molar-refractivity contribution is 7.17. The van der Waals surface area contributed by atoms with E-state index in [2.05, 4.69) is 4.98 Å². The number of anilines is 1. The van der Waals surface area contributed by atoms with Gasteiger partial charge >= 0.3 is 0 Å². The quantitative estimate of drug-likeness (QED) is 0.874. The molecule has 0 aliphatic heterocycles. The molecule has 0 radical (unpaired) electrons. The molecule has 1 aromatic carbocycles. The van der Waals surface area contributed by atoms with Gasteiger partial charge in [-0.3, -0.25) is 0 Å². The topological polar surface area (TPSA) is 48.1 Å². The van der Waals surface area contributed by atoms with Crippen LogP contribution in [0.5, 0.6) is 10.9 Å². The zero-order valence-corrected chi connectivity index (χ0v) is 9.60. The number of aryl methyl sites for hydroxylation is 1. The summed E-state index contributed by atoms with van der Waals surface area (Å²) in [5.74, 6) is 0.705. The number of benzene rings is 1. The van der Waals surface area contributed by atoms with Crippen molar-refractivity contribution >= 4 is 27.9 Å². The Morgan fingerprint density at radius 2 is 2.27 bits per heavy atom. The van der Waals surface area contributed by atoms with Crippen LogP contribution in [-0.4, -0.2) is 4.98 Å². The van der Waals surface area contributed by atoms with Gasteiger partial charge in [0.15, 0.2) is 0 Å². The van der Waals surface area contributed by atoms with Gasteiger partial charge in [0, 0.05) is 5.02 Å². The molecule has 2 N–H and O–H groups in total. The smallest absolute Gasteiger partial charge is 0.280 e. The highest BCUT2D eigenvalue weighted by Crippen LogP contribution is 2.31. The van der Waals surface area contributed by atoms with Gasteiger partial charge in [-0.1, -0.05) is 29.0 Å². The number of ether oxygens (including phenoxy) is 1. The SMILES string of the molecule is Cc1ccc(Cl)cc1Oc1ncc(N)s1. The van der Waals surface area contributed by atoms with E-state index < -0.39 is 0 Å². The van der Waals surface area contributed by atoms with Gasteiger partial charge in [0.1, 0.15) is 10.8 Å². The van der Waals surface area contributed by atoms with Crippen molar-refractivity contribution in [3.63, 3.8) is 0 Å². The second-order valence-corrected chi connectivity index (χ2v) is 4.50. The van der Waals surface area contributed by atoms with Crippen LogP contribution in [0, 0.1) is 6.92 Å². The Balaban J connectivity index is 2.27. The predicted octanol–water partition coefficient (Wildman–Crippen LogP) is 3.48. The fraction of sp³-hybridized carbons (Fsp3) is 0.100. The summed E-state index contributed by atoms with van der Waals surface area (Å²) in [6.07, 6.45) is 1.57. The number of rotatable bonds is 2. The van der Waals surface area contributed by atoms with E-state index in [0.29, 0.717) is 21.0 Å². The van der Waals surface area contributed by atoms with Gasteiger partial charge in [0.2, 0.25) is 0 Å². The maximum atomic E-state index is 5.87. The molecule has 15 heavy (non-hydrogen) atoms. The molecule has 1 heterocycles. The molecule has 0 unspecified atom stereocenters. The monoisotopic (exact) mass is 240 g/mol. The third-order valence-electron chi connectivity index (χ3n) is 1.85. The van der Waals surface area contributed by atoms with E-state index in [1.165, 1.54) is 11.3 Å². The van der Waals surface area contributed by atoms with E-state index in [-0.39, 0.29) is 0 Å². The van der Waals surface area contributed by atoms with Crippen LogP contribution in [0.15, 0.2) is 24.4 Å². The minimum absolute atomic E-state index is 0.526. The van der Waals surface area contributed by atoms with E-state index in [0.717, 1.165) is 5.56 Å². The maximum Gasteiger partial charge on any atom is 0.280 e. The molecule has 2 rings (SSSR count). The molecule has 1 aromatic heterocycles. The summed E-state index contributed by atoms with van der Waals surface area (Å²) >= 11 is 7.17. The zero-order valence-electron chi connectivity index (χ0n) is 8.03. The Morgan fingerprint density at radius 1 is 1.47 bits per heavy atom. The first-order valence-corrected chi connectivity index (χ1v) is 5.50.